The highest BCUT2D eigenvalue weighted by molar-refractivity contribution is 5.86. The van der Waals surface area contributed by atoms with Gasteiger partial charge in [0.2, 0.25) is 5.60 Å². The highest BCUT2D eigenvalue weighted by Gasteiger charge is 2.66. The Morgan fingerprint density at radius 2 is 1.84 bits per heavy atom. The van der Waals surface area contributed by atoms with E-state index in [0.717, 1.165) is 18.5 Å². The molecular formula is C20H20N2O3. The molecule has 25 heavy (non-hydrogen) atoms. The van der Waals surface area contributed by atoms with Gasteiger partial charge in [0.25, 0.3) is 0 Å². The molecule has 2 fully saturated rings. The second kappa shape index (κ2) is 4.91. The summed E-state index contributed by atoms with van der Waals surface area (Å²) in [5.41, 5.74) is 5.96. The fourth-order valence-corrected chi connectivity index (χ4v) is 4.45. The topological polar surface area (TPSA) is 75.8 Å². The summed E-state index contributed by atoms with van der Waals surface area (Å²) in [5, 5.41) is 11.6. The van der Waals surface area contributed by atoms with Crippen molar-refractivity contribution in [3.05, 3.63) is 71.3 Å². The summed E-state index contributed by atoms with van der Waals surface area (Å²) in [6, 6.07) is 16.3. The number of carbonyl (C=O) groups excluding carboxylic acids is 1. The summed E-state index contributed by atoms with van der Waals surface area (Å²) in [4.78, 5) is 15.3. The predicted molar refractivity (Wildman–Crippen MR) is 91.3 cm³/mol. The van der Waals surface area contributed by atoms with Gasteiger partial charge in [-0.15, -0.1) is 0 Å². The number of carbonyl (C=O) groups is 1. The fraction of sp³-hybridized carbons (Fsp3) is 0.350. The quantitative estimate of drug-likeness (QED) is 0.772. The van der Waals surface area contributed by atoms with E-state index in [1.54, 1.807) is 18.2 Å². The Hall–Kier alpha value is -2.21. The molecule has 1 spiro atoms. The second-order valence-corrected chi connectivity index (χ2v) is 7.39. The lowest BCUT2D eigenvalue weighted by Crippen LogP contribution is -2.42. The zero-order chi connectivity index (χ0) is 17.2. The largest absolute Gasteiger partial charge is 0.455 e. The van der Waals surface area contributed by atoms with Gasteiger partial charge in [-0.3, -0.25) is 4.90 Å². The Morgan fingerprint density at radius 3 is 2.64 bits per heavy atom. The minimum Gasteiger partial charge on any atom is -0.455 e. The Morgan fingerprint density at radius 1 is 1.12 bits per heavy atom. The van der Waals surface area contributed by atoms with Crippen LogP contribution in [-0.2, 0) is 15.1 Å². The van der Waals surface area contributed by atoms with Crippen molar-refractivity contribution < 1.29 is 14.6 Å². The van der Waals surface area contributed by atoms with Gasteiger partial charge in [-0.05, 0) is 17.5 Å². The molecule has 2 heterocycles. The summed E-state index contributed by atoms with van der Waals surface area (Å²) in [6.45, 7) is 1.45. The van der Waals surface area contributed by atoms with E-state index in [-0.39, 0.29) is 6.17 Å². The zero-order valence-corrected chi connectivity index (χ0v) is 13.8. The molecule has 5 nitrogen and oxygen atoms in total. The molecule has 2 unspecified atom stereocenters. The number of fused-ring (bicyclic) bond motifs is 2. The van der Waals surface area contributed by atoms with Crippen molar-refractivity contribution in [3.8, 4) is 0 Å². The summed E-state index contributed by atoms with van der Waals surface area (Å²) in [6.07, 6.45) is 0.481. The monoisotopic (exact) mass is 336 g/mol. The van der Waals surface area contributed by atoms with E-state index < -0.39 is 17.2 Å². The summed E-state index contributed by atoms with van der Waals surface area (Å²) >= 11 is 0. The maximum Gasteiger partial charge on any atom is 0.348 e. The Labute approximate surface area is 146 Å². The lowest BCUT2D eigenvalue weighted by atomic mass is 9.82. The summed E-state index contributed by atoms with van der Waals surface area (Å²) in [5.74, 6) is -0.294. The van der Waals surface area contributed by atoms with Crippen LogP contribution in [0.3, 0.4) is 0 Å². The van der Waals surface area contributed by atoms with Gasteiger partial charge in [0.15, 0.2) is 0 Å². The first kappa shape index (κ1) is 15.1. The maximum absolute atomic E-state index is 13.2. The van der Waals surface area contributed by atoms with Gasteiger partial charge in [0.1, 0.15) is 5.60 Å². The summed E-state index contributed by atoms with van der Waals surface area (Å²) < 4.78 is 5.91. The number of nitrogens with two attached hydrogens (primary N) is 1. The van der Waals surface area contributed by atoms with Crippen LogP contribution in [0.4, 0.5) is 0 Å². The Kier molecular flexibility index (Phi) is 2.96. The van der Waals surface area contributed by atoms with Crippen LogP contribution in [-0.4, -0.2) is 34.7 Å². The summed E-state index contributed by atoms with van der Waals surface area (Å²) in [7, 11) is 0. The van der Waals surface area contributed by atoms with Gasteiger partial charge in [0, 0.05) is 24.6 Å². The van der Waals surface area contributed by atoms with Gasteiger partial charge in [-0.1, -0.05) is 54.6 Å². The van der Waals surface area contributed by atoms with E-state index in [1.807, 2.05) is 36.4 Å². The molecular weight excluding hydrogens is 316 g/mol. The Bertz CT molecular complexity index is 855. The third-order valence-electron chi connectivity index (χ3n) is 5.95. The molecule has 2 aromatic carbocycles. The van der Waals surface area contributed by atoms with Crippen LogP contribution < -0.4 is 5.73 Å². The number of rotatable bonds is 1. The number of nitrogens with zero attached hydrogens (tertiary/aromatic N) is 1. The van der Waals surface area contributed by atoms with Crippen LogP contribution in [0.1, 0.15) is 29.3 Å². The highest BCUT2D eigenvalue weighted by atomic mass is 16.6. The number of esters is 1. The van der Waals surface area contributed by atoms with Crippen molar-refractivity contribution >= 4 is 5.97 Å². The molecule has 1 saturated heterocycles. The van der Waals surface area contributed by atoms with Crippen LogP contribution >= 0.6 is 0 Å². The van der Waals surface area contributed by atoms with Gasteiger partial charge < -0.3 is 15.6 Å². The molecule has 2 bridgehead atoms. The Balaban J connectivity index is 1.75. The van der Waals surface area contributed by atoms with Crippen LogP contribution in [0.5, 0.6) is 0 Å². The van der Waals surface area contributed by atoms with Crippen molar-refractivity contribution in [1.29, 1.82) is 0 Å². The van der Waals surface area contributed by atoms with Crippen molar-refractivity contribution in [2.75, 3.05) is 13.1 Å². The van der Waals surface area contributed by atoms with Crippen molar-refractivity contribution in [2.24, 2.45) is 11.7 Å². The first-order chi connectivity index (χ1) is 12.0. The molecule has 2 aromatic rings. The molecule has 5 rings (SSSR count). The molecule has 128 valence electrons. The predicted octanol–water partition coefficient (Wildman–Crippen LogP) is 1.51. The SMILES string of the molecule is NC1c2ccccc2[C@@](O)(c2ccccc2)C(=O)O[C@]23C[C@@H]2CN1C3. The number of piperidine rings is 1. The minimum atomic E-state index is -1.86. The van der Waals surface area contributed by atoms with Crippen LogP contribution in [0, 0.1) is 5.92 Å². The van der Waals surface area contributed by atoms with Crippen LogP contribution in [0.15, 0.2) is 54.6 Å². The highest BCUT2D eigenvalue weighted by Crippen LogP contribution is 2.56. The average Bonchev–Trinajstić information content (AvgIpc) is 3.19. The molecule has 5 heteroatoms. The number of ether oxygens (including phenoxy) is 1. The van der Waals surface area contributed by atoms with E-state index in [2.05, 4.69) is 4.90 Å². The van der Waals surface area contributed by atoms with Crippen LogP contribution in [0.25, 0.3) is 0 Å². The molecule has 1 saturated carbocycles. The molecule has 0 amide bonds. The van der Waals surface area contributed by atoms with Crippen LogP contribution in [0.2, 0.25) is 0 Å². The first-order valence-electron chi connectivity index (χ1n) is 8.65. The number of hydrogen-bond donors (Lipinski definition) is 2. The average molecular weight is 336 g/mol. The second-order valence-electron chi connectivity index (χ2n) is 7.39. The lowest BCUT2D eigenvalue weighted by Gasteiger charge is -2.31. The number of aliphatic hydroxyl groups is 1. The van der Waals surface area contributed by atoms with Crippen molar-refractivity contribution in [2.45, 2.75) is 23.8 Å². The number of benzene rings is 2. The molecule has 5 atom stereocenters. The third-order valence-corrected chi connectivity index (χ3v) is 5.95. The fourth-order valence-electron chi connectivity index (χ4n) is 4.45. The van der Waals surface area contributed by atoms with E-state index in [9.17, 15) is 9.90 Å². The standard InChI is InChI=1S/C20H20N2O3/c21-17-15-8-4-5-9-16(15)20(24,13-6-2-1-3-7-13)18(23)25-19-10-14(19)11-22(17)12-19/h1-9,14,17,24H,10-12,21H2/t14-,17?,19+,20+/m1/s1. The van der Waals surface area contributed by atoms with Gasteiger partial charge in [-0.25, -0.2) is 4.79 Å². The smallest absolute Gasteiger partial charge is 0.348 e. The van der Waals surface area contributed by atoms with Gasteiger partial charge in [-0.2, -0.15) is 0 Å². The normalized spacial score (nSPS) is 38.6. The van der Waals surface area contributed by atoms with Crippen molar-refractivity contribution in [1.82, 2.24) is 4.90 Å². The first-order valence-corrected chi connectivity index (χ1v) is 8.65. The molecule has 2 aliphatic heterocycles. The molecule has 3 N–H and O–H groups in total. The minimum absolute atomic E-state index is 0.313. The van der Waals surface area contributed by atoms with E-state index >= 15 is 0 Å². The molecule has 0 radical (unpaired) electrons. The lowest BCUT2D eigenvalue weighted by molar-refractivity contribution is -0.170. The van der Waals surface area contributed by atoms with E-state index in [4.69, 9.17) is 10.5 Å². The maximum atomic E-state index is 13.2. The molecule has 0 aromatic heterocycles. The van der Waals surface area contributed by atoms with E-state index in [0.29, 0.717) is 23.6 Å². The molecule has 1 aliphatic carbocycles. The van der Waals surface area contributed by atoms with E-state index in [1.165, 1.54) is 0 Å². The third kappa shape index (κ3) is 1.97. The van der Waals surface area contributed by atoms with Gasteiger partial charge >= 0.3 is 5.97 Å². The van der Waals surface area contributed by atoms with Crippen molar-refractivity contribution in [3.63, 3.8) is 0 Å². The molecule has 3 aliphatic rings. The van der Waals surface area contributed by atoms with Gasteiger partial charge in [0.05, 0.1) is 6.17 Å². The number of hydrogen-bond acceptors (Lipinski definition) is 5. The zero-order valence-electron chi connectivity index (χ0n) is 13.8.